The summed E-state index contributed by atoms with van der Waals surface area (Å²) in [6.45, 7) is 4.60. The minimum absolute atomic E-state index is 0.0728. The van der Waals surface area contributed by atoms with E-state index in [1.807, 2.05) is 72.4 Å². The Labute approximate surface area is 349 Å². The molecule has 4 N–H and O–H groups in total. The van der Waals surface area contributed by atoms with Gasteiger partial charge in [-0.1, -0.05) is 86.0 Å². The minimum atomic E-state index is -0.915. The molecular formula is C46H51N9O5. The van der Waals surface area contributed by atoms with Gasteiger partial charge in [-0.3, -0.25) is 14.9 Å². The molecule has 0 radical (unpaired) electrons. The molecule has 2 saturated heterocycles. The summed E-state index contributed by atoms with van der Waals surface area (Å²) >= 11 is 0. The van der Waals surface area contributed by atoms with Crippen LogP contribution in [0.3, 0.4) is 0 Å². The second kappa shape index (κ2) is 17.7. The molecule has 5 aromatic rings. The fourth-order valence-corrected chi connectivity index (χ4v) is 8.88. The molecule has 60 heavy (non-hydrogen) atoms. The minimum Gasteiger partial charge on any atom is -0.508 e. The lowest BCUT2D eigenvalue weighted by Gasteiger charge is -2.55. The first-order valence-corrected chi connectivity index (χ1v) is 20.6. The van der Waals surface area contributed by atoms with Crippen LogP contribution in [0, 0.1) is 0 Å². The standard InChI is InChI=1S/C46H51N9O5/c1-3-23-53-30-42(57)54-39(24-31-17-20-36(56)21-18-31)44(58)52(29-41(54)55(53)46(60)48-25-32-11-6-4-7-12-32)27-34-13-10-16-37-38(28-51(2)43(34)37)33-19-22-40(47-26-33)50-45(59)49-35-14-8-5-9-15-35/h3-4,6-7,10-13,16-22,26,28,35,39,41,56H,1,5,8-9,14-15,23-25,27,29-30H2,2H3,(H,48,60)(H2,47,49,50,59)/t39-,41-/m0/s1. The molecule has 3 fully saturated rings. The second-order valence-electron chi connectivity index (χ2n) is 15.8. The fourth-order valence-electron chi connectivity index (χ4n) is 8.88. The number of hydrogen-bond donors (Lipinski definition) is 4. The van der Waals surface area contributed by atoms with E-state index < -0.39 is 18.2 Å². The summed E-state index contributed by atoms with van der Waals surface area (Å²) in [6.07, 6.45) is 10.3. The number of fused-ring (bicyclic) bond motifs is 2. The highest BCUT2D eigenvalue weighted by atomic mass is 16.3. The molecule has 2 aliphatic heterocycles. The number of hydrazine groups is 1. The van der Waals surface area contributed by atoms with Crippen molar-refractivity contribution in [1.29, 1.82) is 0 Å². The Hall–Kier alpha value is -6.67. The second-order valence-corrected chi connectivity index (χ2v) is 15.8. The molecule has 4 heterocycles. The number of hydrogen-bond acceptors (Lipinski definition) is 7. The van der Waals surface area contributed by atoms with Crippen LogP contribution in [0.4, 0.5) is 15.4 Å². The van der Waals surface area contributed by atoms with E-state index in [4.69, 9.17) is 0 Å². The van der Waals surface area contributed by atoms with Crippen molar-refractivity contribution in [1.82, 2.24) is 40.0 Å². The van der Waals surface area contributed by atoms with Gasteiger partial charge in [-0.15, -0.1) is 6.58 Å². The van der Waals surface area contributed by atoms with Gasteiger partial charge in [0, 0.05) is 68.1 Å². The Morgan fingerprint density at radius 2 is 1.72 bits per heavy atom. The Morgan fingerprint density at radius 3 is 2.45 bits per heavy atom. The number of pyridine rings is 1. The molecule has 14 heteroatoms. The SMILES string of the molecule is C=CCN1CC(=O)N2[C@@H](Cc3ccc(O)cc3)C(=O)N(Cc3cccc4c(-c5ccc(NC(=O)NC6CCCCC6)nc5)cn(C)c34)C[C@@H]2N1C(=O)NCc1ccccc1. The molecular weight excluding hydrogens is 759 g/mol. The maximum atomic E-state index is 14.7. The zero-order valence-electron chi connectivity index (χ0n) is 33.8. The smallest absolute Gasteiger partial charge is 0.334 e. The highest BCUT2D eigenvalue weighted by Crippen LogP contribution is 2.35. The van der Waals surface area contributed by atoms with Crippen LogP contribution >= 0.6 is 0 Å². The normalized spacial score (nSPS) is 18.6. The summed E-state index contributed by atoms with van der Waals surface area (Å²) in [7, 11) is 1.97. The zero-order valence-corrected chi connectivity index (χ0v) is 33.8. The van der Waals surface area contributed by atoms with E-state index in [1.54, 1.807) is 62.4 Å². The monoisotopic (exact) mass is 809 g/mol. The van der Waals surface area contributed by atoms with E-state index in [9.17, 15) is 24.3 Å². The fraction of sp³-hybridized carbons (Fsp3) is 0.326. The van der Waals surface area contributed by atoms with E-state index in [-0.39, 0.29) is 68.8 Å². The summed E-state index contributed by atoms with van der Waals surface area (Å²) in [6, 6.07) is 24.6. The van der Waals surface area contributed by atoms with Crippen molar-refractivity contribution < 1.29 is 24.3 Å². The number of piperazine rings is 1. The number of phenols is 1. The molecule has 2 aromatic heterocycles. The van der Waals surface area contributed by atoms with Crippen molar-refractivity contribution in [2.24, 2.45) is 7.05 Å². The van der Waals surface area contributed by atoms with E-state index in [0.717, 1.165) is 64.4 Å². The number of carbonyl (C=O) groups is 4. The van der Waals surface area contributed by atoms with Gasteiger partial charge >= 0.3 is 12.1 Å². The Morgan fingerprint density at radius 1 is 0.933 bits per heavy atom. The van der Waals surface area contributed by atoms with Gasteiger partial charge in [0.1, 0.15) is 23.8 Å². The number of urea groups is 2. The highest BCUT2D eigenvalue weighted by molar-refractivity contribution is 5.98. The number of nitrogens with one attached hydrogen (secondary N) is 3. The molecule has 6 amide bonds. The van der Waals surface area contributed by atoms with E-state index in [1.165, 1.54) is 6.42 Å². The summed E-state index contributed by atoms with van der Waals surface area (Å²) in [4.78, 5) is 63.6. The number of aromatic hydroxyl groups is 1. The number of aromatic nitrogens is 2. The number of benzene rings is 3. The predicted octanol–water partition coefficient (Wildman–Crippen LogP) is 6.14. The third kappa shape index (κ3) is 8.55. The summed E-state index contributed by atoms with van der Waals surface area (Å²) in [5.41, 5.74) is 5.32. The number of carbonyl (C=O) groups excluding carboxylic acids is 4. The van der Waals surface area contributed by atoms with Gasteiger partial charge in [0.25, 0.3) is 0 Å². The number of phenolic OH excluding ortho intramolecular Hbond substituents is 1. The lowest BCUT2D eigenvalue weighted by atomic mass is 9.96. The van der Waals surface area contributed by atoms with Gasteiger partial charge in [-0.05, 0) is 53.8 Å². The van der Waals surface area contributed by atoms with Crippen LogP contribution < -0.4 is 16.0 Å². The van der Waals surface area contributed by atoms with Crippen LogP contribution in [0.5, 0.6) is 5.75 Å². The average molecular weight is 810 g/mol. The third-order valence-electron chi connectivity index (χ3n) is 11.7. The topological polar surface area (TPSA) is 155 Å². The zero-order chi connectivity index (χ0) is 41.8. The molecule has 2 atom stereocenters. The van der Waals surface area contributed by atoms with Crippen molar-refractivity contribution in [3.8, 4) is 16.9 Å². The number of anilines is 1. The van der Waals surface area contributed by atoms with Crippen molar-refractivity contribution in [2.75, 3.05) is 25.0 Å². The molecule has 1 aliphatic carbocycles. The number of amides is 6. The molecule has 310 valence electrons. The first-order valence-electron chi connectivity index (χ1n) is 20.6. The van der Waals surface area contributed by atoms with Crippen LogP contribution in [0.25, 0.3) is 22.0 Å². The Balaban J connectivity index is 1.08. The van der Waals surface area contributed by atoms with Crippen molar-refractivity contribution >= 4 is 40.6 Å². The van der Waals surface area contributed by atoms with E-state index >= 15 is 0 Å². The summed E-state index contributed by atoms with van der Waals surface area (Å²) in [5, 5.41) is 23.2. The van der Waals surface area contributed by atoms with Gasteiger partial charge in [-0.2, -0.15) is 0 Å². The van der Waals surface area contributed by atoms with E-state index in [2.05, 4.69) is 27.5 Å². The molecule has 8 rings (SSSR count). The first kappa shape index (κ1) is 40.1. The van der Waals surface area contributed by atoms with Gasteiger partial charge in [0.05, 0.1) is 18.6 Å². The van der Waals surface area contributed by atoms with Gasteiger partial charge < -0.3 is 30.1 Å². The molecule has 14 nitrogen and oxygen atoms in total. The van der Waals surface area contributed by atoms with Crippen molar-refractivity contribution in [2.45, 2.75) is 69.9 Å². The van der Waals surface area contributed by atoms with Gasteiger partial charge in [0.2, 0.25) is 11.8 Å². The molecule has 3 aliphatic rings. The summed E-state index contributed by atoms with van der Waals surface area (Å²) in [5.74, 6) is 0.0581. The lowest BCUT2D eigenvalue weighted by Crippen LogP contribution is -2.76. The third-order valence-corrected chi connectivity index (χ3v) is 11.7. The van der Waals surface area contributed by atoms with Crippen molar-refractivity contribution in [3.05, 3.63) is 127 Å². The highest BCUT2D eigenvalue weighted by Gasteiger charge is 2.51. The summed E-state index contributed by atoms with van der Waals surface area (Å²) < 4.78 is 2.04. The van der Waals surface area contributed by atoms with E-state index in [0.29, 0.717) is 5.82 Å². The maximum absolute atomic E-state index is 14.7. The molecule has 0 spiro atoms. The van der Waals surface area contributed by atoms with Crippen LogP contribution in [-0.4, -0.2) is 96.2 Å². The molecule has 0 unspecified atom stereocenters. The first-order chi connectivity index (χ1) is 29.2. The number of aryl methyl sites for hydroxylation is 1. The Kier molecular flexibility index (Phi) is 11.8. The van der Waals surface area contributed by atoms with Gasteiger partial charge in [-0.25, -0.2) is 24.6 Å². The number of rotatable bonds is 11. The predicted molar refractivity (Wildman–Crippen MR) is 229 cm³/mol. The van der Waals surface area contributed by atoms with Crippen LogP contribution in [0.15, 0.2) is 110 Å². The van der Waals surface area contributed by atoms with Gasteiger partial charge in [0.15, 0.2) is 0 Å². The number of para-hydroxylation sites is 1. The maximum Gasteiger partial charge on any atom is 0.334 e. The Bertz CT molecular complexity index is 2360. The number of nitrogens with zero attached hydrogens (tertiary/aromatic N) is 6. The molecule has 1 saturated carbocycles. The van der Waals surface area contributed by atoms with Crippen LogP contribution in [-0.2, 0) is 36.1 Å². The lowest BCUT2D eigenvalue weighted by molar-refractivity contribution is -0.189. The quantitative estimate of drug-likeness (QED) is 0.117. The average Bonchev–Trinajstić information content (AvgIpc) is 3.60. The largest absolute Gasteiger partial charge is 0.508 e. The molecule has 3 aromatic carbocycles. The molecule has 0 bridgehead atoms. The van der Waals surface area contributed by atoms with Crippen molar-refractivity contribution in [3.63, 3.8) is 0 Å². The van der Waals surface area contributed by atoms with Crippen LogP contribution in [0.1, 0.15) is 48.8 Å². The van der Waals surface area contributed by atoms with Crippen LogP contribution in [0.2, 0.25) is 0 Å².